The minimum absolute atomic E-state index is 0.101. The van der Waals surface area contributed by atoms with Crippen molar-refractivity contribution < 1.29 is 4.79 Å². The molecule has 0 aliphatic heterocycles. The number of anilines is 1. The molecular weight excluding hydrogens is 420 g/mol. The van der Waals surface area contributed by atoms with Crippen LogP contribution in [0.3, 0.4) is 0 Å². The van der Waals surface area contributed by atoms with Gasteiger partial charge >= 0.3 is 0 Å². The molecule has 0 saturated carbocycles. The third kappa shape index (κ3) is 4.85. The Bertz CT molecular complexity index is 1060. The number of aromatic nitrogens is 2. The number of aryl methyl sites for hydroxylation is 1. The highest BCUT2D eigenvalue weighted by Gasteiger charge is 2.17. The molecule has 3 aromatic rings. The molecule has 0 aliphatic rings. The minimum Gasteiger partial charge on any atom is -0.324 e. The van der Waals surface area contributed by atoms with Crippen molar-refractivity contribution in [1.82, 2.24) is 14.9 Å². The Morgan fingerprint density at radius 3 is 2.71 bits per heavy atom. The minimum atomic E-state index is -0.169. The predicted molar refractivity (Wildman–Crippen MR) is 115 cm³/mol. The van der Waals surface area contributed by atoms with Crippen LogP contribution >= 0.6 is 15.9 Å². The Morgan fingerprint density at radius 2 is 2.00 bits per heavy atom. The Hall–Kier alpha value is -2.51. The van der Waals surface area contributed by atoms with E-state index in [4.69, 9.17) is 0 Å². The van der Waals surface area contributed by atoms with E-state index in [1.165, 1.54) is 0 Å². The fourth-order valence-corrected chi connectivity index (χ4v) is 3.51. The summed E-state index contributed by atoms with van der Waals surface area (Å²) in [6, 6.07) is 13.1. The summed E-state index contributed by atoms with van der Waals surface area (Å²) in [7, 11) is 0. The highest BCUT2D eigenvalue weighted by molar-refractivity contribution is 9.10. The van der Waals surface area contributed by atoms with Gasteiger partial charge in [0.2, 0.25) is 5.91 Å². The third-order valence-corrected chi connectivity index (χ3v) is 5.15. The van der Waals surface area contributed by atoms with Crippen LogP contribution in [0.5, 0.6) is 0 Å². The van der Waals surface area contributed by atoms with Gasteiger partial charge in [0.05, 0.1) is 29.7 Å². The van der Waals surface area contributed by atoms with Crippen LogP contribution in [0.4, 0.5) is 5.69 Å². The maximum atomic E-state index is 12.6. The van der Waals surface area contributed by atoms with Crippen molar-refractivity contribution in [3.05, 3.63) is 68.7 Å². The van der Waals surface area contributed by atoms with E-state index in [-0.39, 0.29) is 24.1 Å². The van der Waals surface area contributed by atoms with Crippen molar-refractivity contribution >= 4 is 38.4 Å². The number of nitrogens with zero attached hydrogens (tertiary/aromatic N) is 2. The molecule has 0 saturated heterocycles. The first-order valence-electron chi connectivity index (χ1n) is 9.11. The van der Waals surface area contributed by atoms with E-state index in [2.05, 4.69) is 31.2 Å². The van der Waals surface area contributed by atoms with Crippen LogP contribution < -0.4 is 10.9 Å². The molecule has 2 aromatic carbocycles. The van der Waals surface area contributed by atoms with Crippen molar-refractivity contribution in [2.24, 2.45) is 0 Å². The summed E-state index contributed by atoms with van der Waals surface area (Å²) < 4.78 is 0.845. The molecule has 28 heavy (non-hydrogen) atoms. The molecule has 146 valence electrons. The maximum Gasteiger partial charge on any atom is 0.258 e. The summed E-state index contributed by atoms with van der Waals surface area (Å²) in [5.74, 6) is 0.420. The molecule has 1 heterocycles. The fraction of sp³-hybridized carbons (Fsp3) is 0.286. The van der Waals surface area contributed by atoms with Gasteiger partial charge in [-0.2, -0.15) is 0 Å². The SMILES string of the molecule is Cc1ccc(NC(=O)CN(Cc2nc3ccccc3c(=O)[nH]2)C(C)C)c(Br)c1. The molecule has 0 unspecified atom stereocenters. The third-order valence-electron chi connectivity index (χ3n) is 4.49. The number of halogens is 1. The van der Waals surface area contributed by atoms with Crippen LogP contribution in [0.1, 0.15) is 25.2 Å². The number of nitrogens with one attached hydrogen (secondary N) is 2. The topological polar surface area (TPSA) is 78.1 Å². The molecule has 1 amide bonds. The number of amides is 1. The van der Waals surface area contributed by atoms with Crippen molar-refractivity contribution in [2.45, 2.75) is 33.4 Å². The van der Waals surface area contributed by atoms with E-state index in [9.17, 15) is 9.59 Å². The van der Waals surface area contributed by atoms with Gasteiger partial charge in [0.1, 0.15) is 5.82 Å². The average Bonchev–Trinajstić information content (AvgIpc) is 2.63. The zero-order valence-electron chi connectivity index (χ0n) is 16.1. The van der Waals surface area contributed by atoms with Gasteiger partial charge in [-0.15, -0.1) is 0 Å². The second-order valence-corrected chi connectivity index (χ2v) is 7.91. The van der Waals surface area contributed by atoms with Crippen LogP contribution in [-0.2, 0) is 11.3 Å². The molecule has 0 aliphatic carbocycles. The molecule has 3 rings (SSSR count). The number of H-pyrrole nitrogens is 1. The number of fused-ring (bicyclic) bond motifs is 1. The number of hydrogen-bond donors (Lipinski definition) is 2. The average molecular weight is 443 g/mol. The lowest BCUT2D eigenvalue weighted by Crippen LogP contribution is -2.38. The van der Waals surface area contributed by atoms with Gasteiger partial charge in [0, 0.05) is 10.5 Å². The maximum absolute atomic E-state index is 12.6. The van der Waals surface area contributed by atoms with Crippen LogP contribution in [0, 0.1) is 6.92 Å². The number of carbonyl (C=O) groups is 1. The Balaban J connectivity index is 1.75. The largest absolute Gasteiger partial charge is 0.324 e. The predicted octanol–water partition coefficient (Wildman–Crippen LogP) is 3.84. The van der Waals surface area contributed by atoms with Gasteiger partial charge < -0.3 is 10.3 Å². The molecule has 0 spiro atoms. The summed E-state index contributed by atoms with van der Waals surface area (Å²) in [6.45, 7) is 6.57. The van der Waals surface area contributed by atoms with Gasteiger partial charge in [0.25, 0.3) is 5.56 Å². The summed E-state index contributed by atoms with van der Waals surface area (Å²) in [5, 5.41) is 3.49. The summed E-state index contributed by atoms with van der Waals surface area (Å²) in [6.07, 6.45) is 0. The molecule has 2 N–H and O–H groups in total. The van der Waals surface area contributed by atoms with Gasteiger partial charge in [-0.1, -0.05) is 18.2 Å². The molecule has 0 bridgehead atoms. The van der Waals surface area contributed by atoms with Crippen LogP contribution in [0.25, 0.3) is 10.9 Å². The second-order valence-electron chi connectivity index (χ2n) is 7.06. The van der Waals surface area contributed by atoms with E-state index >= 15 is 0 Å². The first kappa shape index (κ1) is 20.2. The van der Waals surface area contributed by atoms with Crippen molar-refractivity contribution in [3.63, 3.8) is 0 Å². The molecule has 0 fully saturated rings. The fourth-order valence-electron chi connectivity index (χ4n) is 2.92. The summed E-state index contributed by atoms with van der Waals surface area (Å²) in [4.78, 5) is 34.2. The number of para-hydroxylation sites is 1. The molecule has 7 heteroatoms. The van der Waals surface area contributed by atoms with Crippen molar-refractivity contribution in [2.75, 3.05) is 11.9 Å². The number of rotatable bonds is 6. The van der Waals surface area contributed by atoms with Gasteiger partial charge in [-0.05, 0) is 66.5 Å². The highest BCUT2D eigenvalue weighted by atomic mass is 79.9. The van der Waals surface area contributed by atoms with Gasteiger partial charge in [0.15, 0.2) is 0 Å². The number of benzene rings is 2. The molecule has 1 aromatic heterocycles. The van der Waals surface area contributed by atoms with Crippen molar-refractivity contribution in [3.8, 4) is 0 Å². The standard InChI is InChI=1S/C21H23BrN4O2/c1-13(2)26(12-20(27)24-18-9-8-14(3)10-16(18)22)11-19-23-17-7-5-4-6-15(17)21(28)25-19/h4-10,13H,11-12H2,1-3H3,(H,24,27)(H,23,25,28). The Morgan fingerprint density at radius 1 is 1.25 bits per heavy atom. The Labute approximate surface area is 172 Å². The monoisotopic (exact) mass is 442 g/mol. The first-order valence-corrected chi connectivity index (χ1v) is 9.91. The normalized spacial score (nSPS) is 11.4. The lowest BCUT2D eigenvalue weighted by Gasteiger charge is -2.25. The van der Waals surface area contributed by atoms with E-state index < -0.39 is 0 Å². The molecule has 6 nitrogen and oxygen atoms in total. The van der Waals surface area contributed by atoms with Gasteiger partial charge in [-0.25, -0.2) is 4.98 Å². The van der Waals surface area contributed by atoms with E-state index in [0.29, 0.717) is 23.3 Å². The molecule has 0 radical (unpaired) electrons. The zero-order chi connectivity index (χ0) is 20.3. The van der Waals surface area contributed by atoms with E-state index in [0.717, 1.165) is 15.7 Å². The number of carbonyl (C=O) groups excluding carboxylic acids is 1. The van der Waals surface area contributed by atoms with Gasteiger partial charge in [-0.3, -0.25) is 14.5 Å². The van der Waals surface area contributed by atoms with E-state index in [1.54, 1.807) is 6.07 Å². The lowest BCUT2D eigenvalue weighted by molar-refractivity contribution is -0.117. The smallest absolute Gasteiger partial charge is 0.258 e. The molecule has 0 atom stereocenters. The van der Waals surface area contributed by atoms with E-state index in [1.807, 2.05) is 62.1 Å². The summed E-state index contributed by atoms with van der Waals surface area (Å²) >= 11 is 3.48. The zero-order valence-corrected chi connectivity index (χ0v) is 17.7. The quantitative estimate of drug-likeness (QED) is 0.607. The molecular formula is C21H23BrN4O2. The highest BCUT2D eigenvalue weighted by Crippen LogP contribution is 2.23. The van der Waals surface area contributed by atoms with Crippen molar-refractivity contribution in [1.29, 1.82) is 0 Å². The summed E-state index contributed by atoms with van der Waals surface area (Å²) in [5.41, 5.74) is 2.33. The number of hydrogen-bond acceptors (Lipinski definition) is 4. The first-order chi connectivity index (χ1) is 13.3. The Kier molecular flexibility index (Phi) is 6.26. The lowest BCUT2D eigenvalue weighted by atomic mass is 10.2. The van der Waals surface area contributed by atoms with Crippen LogP contribution in [0.2, 0.25) is 0 Å². The van der Waals surface area contributed by atoms with Crippen LogP contribution in [0.15, 0.2) is 51.7 Å². The van der Waals surface area contributed by atoms with Crippen LogP contribution in [-0.4, -0.2) is 33.4 Å². The number of aromatic amines is 1. The second kappa shape index (κ2) is 8.67.